The van der Waals surface area contributed by atoms with Crippen LogP contribution in [-0.4, -0.2) is 45.7 Å². The van der Waals surface area contributed by atoms with Gasteiger partial charge in [0.2, 0.25) is 0 Å². The van der Waals surface area contributed by atoms with Crippen molar-refractivity contribution in [3.63, 3.8) is 0 Å². The van der Waals surface area contributed by atoms with E-state index >= 15 is 0 Å². The second kappa shape index (κ2) is 8.12. The number of hydrogen-bond donors (Lipinski definition) is 1. The molecule has 0 saturated carbocycles. The number of hydrogen-bond acceptors (Lipinski definition) is 4. The van der Waals surface area contributed by atoms with Gasteiger partial charge in [0.15, 0.2) is 0 Å². The van der Waals surface area contributed by atoms with Gasteiger partial charge in [0.25, 0.3) is 0 Å². The maximum absolute atomic E-state index is 11.7. The highest BCUT2D eigenvalue weighted by molar-refractivity contribution is 7.91. The Bertz CT molecular complexity index is 316. The van der Waals surface area contributed by atoms with Crippen molar-refractivity contribution in [3.05, 3.63) is 0 Å². The molecular weight excluding hydrogens is 250 g/mol. The summed E-state index contributed by atoms with van der Waals surface area (Å²) in [6.07, 6.45) is 3.54. The van der Waals surface area contributed by atoms with Gasteiger partial charge in [0, 0.05) is 18.4 Å². The third kappa shape index (κ3) is 5.67. The Balaban J connectivity index is 2.42. The van der Waals surface area contributed by atoms with E-state index in [0.717, 1.165) is 32.4 Å². The summed E-state index contributed by atoms with van der Waals surface area (Å²) in [5, 5.41) is 3.51. The summed E-state index contributed by atoms with van der Waals surface area (Å²) >= 11 is 0. The van der Waals surface area contributed by atoms with Crippen molar-refractivity contribution < 1.29 is 13.2 Å². The van der Waals surface area contributed by atoms with Crippen LogP contribution in [0.25, 0.3) is 0 Å². The molecule has 0 radical (unpaired) electrons. The number of nitrogens with one attached hydrogen (secondary N) is 1. The zero-order valence-corrected chi connectivity index (χ0v) is 12.5. The van der Waals surface area contributed by atoms with Crippen LogP contribution in [0.3, 0.4) is 0 Å². The van der Waals surface area contributed by atoms with E-state index in [1.807, 2.05) is 6.92 Å². The molecule has 1 heterocycles. The lowest BCUT2D eigenvalue weighted by atomic mass is 9.93. The van der Waals surface area contributed by atoms with Crippen molar-refractivity contribution in [2.24, 2.45) is 5.92 Å². The first-order chi connectivity index (χ1) is 8.59. The van der Waals surface area contributed by atoms with Crippen LogP contribution in [0.1, 0.15) is 39.5 Å². The molecule has 108 valence electrons. The second-order valence-electron chi connectivity index (χ2n) is 5.12. The fourth-order valence-corrected chi connectivity index (χ4v) is 3.91. The maximum atomic E-state index is 11.7. The largest absolute Gasteiger partial charge is 0.381 e. The standard InChI is InChI=1S/C13H27NO3S/c1-3-7-14-13-5-8-17-11-12(13)6-10-18(15,16)9-4-2/h12-14H,3-11H2,1-2H3. The third-order valence-electron chi connectivity index (χ3n) is 3.45. The van der Waals surface area contributed by atoms with Crippen LogP contribution in [0.2, 0.25) is 0 Å². The lowest BCUT2D eigenvalue weighted by Gasteiger charge is -2.32. The van der Waals surface area contributed by atoms with Gasteiger partial charge in [-0.25, -0.2) is 8.42 Å². The van der Waals surface area contributed by atoms with Crippen LogP contribution in [-0.2, 0) is 14.6 Å². The highest BCUT2D eigenvalue weighted by atomic mass is 32.2. The average Bonchev–Trinajstić information content (AvgIpc) is 2.35. The Morgan fingerprint density at radius 2 is 2.00 bits per heavy atom. The Kier molecular flexibility index (Phi) is 7.19. The Labute approximate surface area is 111 Å². The quantitative estimate of drug-likeness (QED) is 0.732. The van der Waals surface area contributed by atoms with Gasteiger partial charge >= 0.3 is 0 Å². The van der Waals surface area contributed by atoms with E-state index in [1.54, 1.807) is 0 Å². The van der Waals surface area contributed by atoms with Gasteiger partial charge in [-0.1, -0.05) is 13.8 Å². The Morgan fingerprint density at radius 1 is 1.22 bits per heavy atom. The molecule has 5 heteroatoms. The van der Waals surface area contributed by atoms with E-state index in [4.69, 9.17) is 4.74 Å². The first kappa shape index (κ1) is 15.9. The zero-order chi connectivity index (χ0) is 13.4. The van der Waals surface area contributed by atoms with Gasteiger partial charge in [-0.15, -0.1) is 0 Å². The molecule has 1 saturated heterocycles. The van der Waals surface area contributed by atoms with Crippen LogP contribution in [0, 0.1) is 5.92 Å². The van der Waals surface area contributed by atoms with Crippen molar-refractivity contribution in [1.29, 1.82) is 0 Å². The van der Waals surface area contributed by atoms with Crippen molar-refractivity contribution in [3.8, 4) is 0 Å². The maximum Gasteiger partial charge on any atom is 0.150 e. The smallest absolute Gasteiger partial charge is 0.150 e. The Hall–Kier alpha value is -0.130. The van der Waals surface area contributed by atoms with Crippen molar-refractivity contribution in [1.82, 2.24) is 5.32 Å². The van der Waals surface area contributed by atoms with Gasteiger partial charge in [0.05, 0.1) is 12.4 Å². The molecule has 1 rings (SSSR count). The van der Waals surface area contributed by atoms with E-state index in [2.05, 4.69) is 12.2 Å². The minimum absolute atomic E-state index is 0.305. The molecule has 1 N–H and O–H groups in total. The number of sulfone groups is 1. The monoisotopic (exact) mass is 277 g/mol. The van der Waals surface area contributed by atoms with E-state index in [9.17, 15) is 8.42 Å². The van der Waals surface area contributed by atoms with E-state index in [0.29, 0.717) is 36.5 Å². The van der Waals surface area contributed by atoms with E-state index < -0.39 is 9.84 Å². The van der Waals surface area contributed by atoms with Crippen LogP contribution >= 0.6 is 0 Å². The first-order valence-electron chi connectivity index (χ1n) is 7.10. The molecule has 4 nitrogen and oxygen atoms in total. The summed E-state index contributed by atoms with van der Waals surface area (Å²) in [6.45, 7) is 6.55. The van der Waals surface area contributed by atoms with Gasteiger partial charge in [-0.05, 0) is 38.1 Å². The van der Waals surface area contributed by atoms with Gasteiger partial charge in [-0.3, -0.25) is 0 Å². The topological polar surface area (TPSA) is 55.4 Å². The lowest BCUT2D eigenvalue weighted by Crippen LogP contribution is -2.43. The van der Waals surface area contributed by atoms with Crippen molar-refractivity contribution in [2.45, 2.75) is 45.6 Å². The molecule has 0 aromatic heterocycles. The third-order valence-corrected chi connectivity index (χ3v) is 5.33. The average molecular weight is 277 g/mol. The second-order valence-corrected chi connectivity index (χ2v) is 7.43. The molecule has 0 bridgehead atoms. The SMILES string of the molecule is CCCNC1CCOCC1CCS(=O)(=O)CCC. The minimum atomic E-state index is -2.86. The predicted molar refractivity (Wildman–Crippen MR) is 74.6 cm³/mol. The lowest BCUT2D eigenvalue weighted by molar-refractivity contribution is 0.0310. The summed E-state index contributed by atoms with van der Waals surface area (Å²) in [7, 11) is -2.86. The normalized spacial score (nSPS) is 25.2. The first-order valence-corrected chi connectivity index (χ1v) is 8.92. The van der Waals surface area contributed by atoms with Crippen LogP contribution in [0.15, 0.2) is 0 Å². The molecule has 2 unspecified atom stereocenters. The highest BCUT2D eigenvalue weighted by Crippen LogP contribution is 2.19. The molecular formula is C13H27NO3S. The molecule has 0 amide bonds. The fourth-order valence-electron chi connectivity index (χ4n) is 2.42. The molecule has 1 fully saturated rings. The molecule has 0 aromatic carbocycles. The molecule has 18 heavy (non-hydrogen) atoms. The van der Waals surface area contributed by atoms with Crippen LogP contribution in [0.4, 0.5) is 0 Å². The highest BCUT2D eigenvalue weighted by Gasteiger charge is 2.26. The Morgan fingerprint density at radius 3 is 2.67 bits per heavy atom. The molecule has 2 atom stereocenters. The van der Waals surface area contributed by atoms with Gasteiger partial charge in [-0.2, -0.15) is 0 Å². The fraction of sp³-hybridized carbons (Fsp3) is 1.00. The predicted octanol–water partition coefficient (Wildman–Crippen LogP) is 1.61. The van der Waals surface area contributed by atoms with Gasteiger partial charge in [0.1, 0.15) is 9.84 Å². The molecule has 1 aliphatic rings. The molecule has 1 aliphatic heterocycles. The van der Waals surface area contributed by atoms with Crippen molar-refractivity contribution >= 4 is 9.84 Å². The number of rotatable bonds is 8. The van der Waals surface area contributed by atoms with Crippen LogP contribution < -0.4 is 5.32 Å². The molecule has 0 aromatic rings. The molecule has 0 aliphatic carbocycles. The summed E-state index contributed by atoms with van der Waals surface area (Å²) in [5.41, 5.74) is 0. The van der Waals surface area contributed by atoms with E-state index in [-0.39, 0.29) is 0 Å². The summed E-state index contributed by atoms with van der Waals surface area (Å²) < 4.78 is 28.9. The molecule has 0 spiro atoms. The zero-order valence-electron chi connectivity index (χ0n) is 11.7. The van der Waals surface area contributed by atoms with Crippen molar-refractivity contribution in [2.75, 3.05) is 31.3 Å². The minimum Gasteiger partial charge on any atom is -0.381 e. The summed E-state index contributed by atoms with van der Waals surface area (Å²) in [5.74, 6) is 0.962. The van der Waals surface area contributed by atoms with Gasteiger partial charge < -0.3 is 10.1 Å². The van der Waals surface area contributed by atoms with Crippen LogP contribution in [0.5, 0.6) is 0 Å². The summed E-state index contributed by atoms with van der Waals surface area (Å²) in [4.78, 5) is 0. The summed E-state index contributed by atoms with van der Waals surface area (Å²) in [6, 6.07) is 0.426. The number of ether oxygens (including phenoxy) is 1. The van der Waals surface area contributed by atoms with E-state index in [1.165, 1.54) is 0 Å².